The van der Waals surface area contributed by atoms with Crippen LogP contribution >= 0.6 is 0 Å². The Morgan fingerprint density at radius 1 is 1.11 bits per heavy atom. The third-order valence-electron chi connectivity index (χ3n) is 6.22. The molecule has 2 aromatic heterocycles. The molecule has 2 heterocycles. The third kappa shape index (κ3) is 4.32. The quantitative estimate of drug-likeness (QED) is 0.398. The number of fused-ring (bicyclic) bond motifs is 1. The Balaban J connectivity index is 1.83. The van der Waals surface area contributed by atoms with Gasteiger partial charge in [0.05, 0.1) is 17.3 Å². The molecule has 0 spiro atoms. The summed E-state index contributed by atoms with van der Waals surface area (Å²) in [6.07, 6.45) is 3.38. The summed E-state index contributed by atoms with van der Waals surface area (Å²) in [6.45, 7) is 1.72. The van der Waals surface area contributed by atoms with E-state index in [4.69, 9.17) is 0 Å². The molecule has 0 bridgehead atoms. The van der Waals surface area contributed by atoms with E-state index in [-0.39, 0.29) is 34.2 Å². The van der Waals surface area contributed by atoms with Gasteiger partial charge < -0.3 is 9.55 Å². The molecule has 9 heteroatoms. The highest BCUT2D eigenvalue weighted by Gasteiger charge is 2.33. The lowest BCUT2D eigenvalue weighted by atomic mass is 10.0. The second-order valence-corrected chi connectivity index (χ2v) is 10.0. The van der Waals surface area contributed by atoms with E-state index in [9.17, 15) is 22.6 Å². The van der Waals surface area contributed by atoms with Gasteiger partial charge in [-0.2, -0.15) is 0 Å². The van der Waals surface area contributed by atoms with E-state index in [2.05, 4.69) is 9.71 Å². The predicted molar refractivity (Wildman–Crippen MR) is 131 cm³/mol. The summed E-state index contributed by atoms with van der Waals surface area (Å²) in [6, 6.07) is 12.3. The first-order valence-electron chi connectivity index (χ1n) is 11.4. The Kier molecular flexibility index (Phi) is 6.10. The van der Waals surface area contributed by atoms with Gasteiger partial charge in [-0.3, -0.25) is 14.3 Å². The number of hydrogen-bond donors (Lipinski definition) is 2. The van der Waals surface area contributed by atoms with Crippen molar-refractivity contribution in [1.29, 1.82) is 0 Å². The molecule has 1 fully saturated rings. The van der Waals surface area contributed by atoms with Crippen molar-refractivity contribution in [2.24, 2.45) is 0 Å². The Morgan fingerprint density at radius 2 is 1.89 bits per heavy atom. The van der Waals surface area contributed by atoms with E-state index in [1.807, 2.05) is 6.92 Å². The lowest BCUT2D eigenvalue weighted by molar-refractivity contribution is 0.0975. The SMILES string of the molecule is CCc1cc2c(-c3ccc[nH]c3=O)c(C(=O)NS(=O)C3CC3)n(Cc3ccccc3F)c2cc1F. The fourth-order valence-electron chi connectivity index (χ4n) is 4.28. The Morgan fingerprint density at radius 3 is 2.57 bits per heavy atom. The van der Waals surface area contributed by atoms with Gasteiger partial charge in [-0.05, 0) is 55.2 Å². The third-order valence-corrected chi connectivity index (χ3v) is 7.69. The summed E-state index contributed by atoms with van der Waals surface area (Å²) in [5.41, 5.74) is 1.14. The standard InChI is InChI=1S/C26H23F2N3O3S/c1-2-15-12-19-22(13-21(15)28)31(14-16-6-3-4-8-20(16)27)24(26(33)30-35(34)17-9-10-17)23(19)18-7-5-11-29-25(18)32/h3-8,11-13,17H,2,9-10,14H2,1H3,(H,29,32)(H,30,33). The molecule has 1 atom stereocenters. The van der Waals surface area contributed by atoms with Gasteiger partial charge >= 0.3 is 0 Å². The maximum atomic E-state index is 15.0. The number of aromatic amines is 1. The second kappa shape index (κ2) is 9.22. The van der Waals surface area contributed by atoms with E-state index in [0.717, 1.165) is 12.8 Å². The number of carbonyl (C=O) groups excluding carboxylic acids is 1. The summed E-state index contributed by atoms with van der Waals surface area (Å²) in [4.78, 5) is 29.0. The van der Waals surface area contributed by atoms with Crippen LogP contribution in [0.3, 0.4) is 0 Å². The first kappa shape index (κ1) is 23.2. The highest BCUT2D eigenvalue weighted by atomic mass is 32.2. The number of aryl methyl sites for hydroxylation is 1. The van der Waals surface area contributed by atoms with E-state index < -0.39 is 34.1 Å². The lowest BCUT2D eigenvalue weighted by Gasteiger charge is -2.13. The van der Waals surface area contributed by atoms with Crippen LogP contribution in [0.5, 0.6) is 0 Å². The van der Waals surface area contributed by atoms with Gasteiger partial charge in [-0.15, -0.1) is 0 Å². The van der Waals surface area contributed by atoms with Crippen LogP contribution in [-0.4, -0.2) is 24.9 Å². The monoisotopic (exact) mass is 495 g/mol. The molecular weight excluding hydrogens is 472 g/mol. The predicted octanol–water partition coefficient (Wildman–Crippen LogP) is 4.44. The Labute approximate surface area is 202 Å². The Bertz CT molecular complexity index is 1540. The number of halogens is 2. The largest absolute Gasteiger partial charge is 0.331 e. The molecule has 0 aliphatic heterocycles. The second-order valence-electron chi connectivity index (χ2n) is 8.56. The summed E-state index contributed by atoms with van der Waals surface area (Å²) < 4.78 is 46.2. The number of aromatic nitrogens is 2. The number of nitrogens with zero attached hydrogens (tertiary/aromatic N) is 1. The van der Waals surface area contributed by atoms with E-state index >= 15 is 0 Å². The Hall–Kier alpha value is -3.59. The van der Waals surface area contributed by atoms with Crippen LogP contribution in [0, 0.1) is 11.6 Å². The molecule has 4 aromatic rings. The number of amides is 1. The van der Waals surface area contributed by atoms with Crippen LogP contribution in [0.1, 0.15) is 41.4 Å². The number of pyridine rings is 1. The number of benzene rings is 2. The normalized spacial score (nSPS) is 14.3. The molecule has 1 aliphatic carbocycles. The van der Waals surface area contributed by atoms with Gasteiger partial charge in [0.1, 0.15) is 28.3 Å². The molecule has 0 radical (unpaired) electrons. The molecule has 1 aliphatic rings. The number of rotatable bonds is 7. The molecule has 2 N–H and O–H groups in total. The van der Waals surface area contributed by atoms with Gasteiger partial charge in [0, 0.05) is 28.3 Å². The van der Waals surface area contributed by atoms with Gasteiger partial charge in [0.15, 0.2) is 0 Å². The lowest BCUT2D eigenvalue weighted by Crippen LogP contribution is -2.30. The van der Waals surface area contributed by atoms with E-state index in [0.29, 0.717) is 22.9 Å². The van der Waals surface area contributed by atoms with Gasteiger partial charge in [-0.1, -0.05) is 25.1 Å². The zero-order valence-corrected chi connectivity index (χ0v) is 19.8. The number of nitrogens with one attached hydrogen (secondary N) is 2. The van der Waals surface area contributed by atoms with Gasteiger partial charge in [0.25, 0.3) is 11.5 Å². The number of carbonyl (C=O) groups is 1. The fraction of sp³-hybridized carbons (Fsp3) is 0.231. The van der Waals surface area contributed by atoms with Crippen molar-refractivity contribution in [3.05, 3.63) is 93.5 Å². The van der Waals surface area contributed by atoms with Crippen molar-refractivity contribution in [2.75, 3.05) is 0 Å². The first-order chi connectivity index (χ1) is 16.9. The summed E-state index contributed by atoms with van der Waals surface area (Å²) in [5.74, 6) is -1.61. The highest BCUT2D eigenvalue weighted by molar-refractivity contribution is 7.84. The van der Waals surface area contributed by atoms with Crippen LogP contribution in [0.25, 0.3) is 22.0 Å². The topological polar surface area (TPSA) is 84.0 Å². The number of hydrogen-bond acceptors (Lipinski definition) is 3. The molecule has 0 saturated heterocycles. The van der Waals surface area contributed by atoms with Crippen molar-refractivity contribution in [2.45, 2.75) is 38.0 Å². The molecule has 35 heavy (non-hydrogen) atoms. The number of H-pyrrole nitrogens is 1. The molecule has 2 aromatic carbocycles. The van der Waals surface area contributed by atoms with Crippen molar-refractivity contribution >= 4 is 27.8 Å². The summed E-state index contributed by atoms with van der Waals surface area (Å²) >= 11 is 0. The minimum absolute atomic E-state index is 0.0293. The van der Waals surface area contributed by atoms with Crippen molar-refractivity contribution < 1.29 is 17.8 Å². The van der Waals surface area contributed by atoms with Crippen molar-refractivity contribution in [3.8, 4) is 11.1 Å². The molecule has 1 saturated carbocycles. The minimum atomic E-state index is -1.60. The summed E-state index contributed by atoms with van der Waals surface area (Å²) in [5, 5.41) is 0.370. The van der Waals surface area contributed by atoms with Crippen LogP contribution in [0.15, 0.2) is 59.5 Å². The van der Waals surface area contributed by atoms with Crippen LogP contribution < -0.4 is 10.3 Å². The first-order valence-corrected chi connectivity index (χ1v) is 12.6. The molecule has 5 rings (SSSR count). The van der Waals surface area contributed by atoms with E-state index in [1.54, 1.807) is 36.4 Å². The average Bonchev–Trinajstić information content (AvgIpc) is 3.65. The zero-order chi connectivity index (χ0) is 24.7. The maximum absolute atomic E-state index is 15.0. The van der Waals surface area contributed by atoms with Crippen LogP contribution in [-0.2, 0) is 24.0 Å². The van der Waals surface area contributed by atoms with E-state index in [1.165, 1.54) is 22.9 Å². The maximum Gasteiger partial charge on any atom is 0.280 e. The average molecular weight is 496 g/mol. The van der Waals surface area contributed by atoms with Gasteiger partial charge in [-0.25, -0.2) is 13.0 Å². The molecule has 180 valence electrons. The minimum Gasteiger partial charge on any atom is -0.331 e. The smallest absolute Gasteiger partial charge is 0.280 e. The molecular formula is C26H23F2N3O3S. The van der Waals surface area contributed by atoms with Gasteiger partial charge in [0.2, 0.25) is 0 Å². The summed E-state index contributed by atoms with van der Waals surface area (Å²) in [7, 11) is -1.60. The molecule has 1 amide bonds. The van der Waals surface area contributed by atoms with Crippen LogP contribution in [0.2, 0.25) is 0 Å². The highest BCUT2D eigenvalue weighted by Crippen LogP contribution is 2.36. The van der Waals surface area contributed by atoms with Crippen molar-refractivity contribution in [1.82, 2.24) is 14.3 Å². The van der Waals surface area contributed by atoms with Crippen molar-refractivity contribution in [3.63, 3.8) is 0 Å². The zero-order valence-electron chi connectivity index (χ0n) is 18.9. The van der Waals surface area contributed by atoms with Crippen LogP contribution in [0.4, 0.5) is 8.78 Å². The molecule has 6 nitrogen and oxygen atoms in total. The molecule has 1 unspecified atom stereocenters. The fourth-order valence-corrected chi connectivity index (χ4v) is 5.29.